The first-order valence-corrected chi connectivity index (χ1v) is 5.74. The summed E-state index contributed by atoms with van der Waals surface area (Å²) in [5, 5.41) is 0. The first kappa shape index (κ1) is 10.3. The van der Waals surface area contributed by atoms with Gasteiger partial charge in [-0.05, 0) is 5.56 Å². The highest BCUT2D eigenvalue weighted by atomic mass is 16.6. The summed E-state index contributed by atoms with van der Waals surface area (Å²) < 4.78 is 16.2. The number of ether oxygens (including phenoxy) is 3. The van der Waals surface area contributed by atoms with Crippen molar-refractivity contribution in [3.05, 3.63) is 35.9 Å². The van der Waals surface area contributed by atoms with Gasteiger partial charge < -0.3 is 14.2 Å². The first-order chi connectivity index (χ1) is 7.86. The van der Waals surface area contributed by atoms with Crippen LogP contribution < -0.4 is 0 Å². The van der Waals surface area contributed by atoms with Crippen LogP contribution >= 0.6 is 0 Å². The number of benzene rings is 1. The maximum absolute atomic E-state index is 5.61. The number of rotatable bonds is 6. The van der Waals surface area contributed by atoms with Crippen LogP contribution in [0.4, 0.5) is 0 Å². The Balaban J connectivity index is 1.49. The van der Waals surface area contributed by atoms with E-state index in [2.05, 4.69) is 24.3 Å². The van der Waals surface area contributed by atoms with Crippen molar-refractivity contribution in [3.8, 4) is 0 Å². The minimum Gasteiger partial charge on any atom is -0.376 e. The Bertz CT molecular complexity index is 341. The second-order valence-electron chi connectivity index (χ2n) is 4.60. The van der Waals surface area contributed by atoms with Crippen molar-refractivity contribution in [2.75, 3.05) is 26.4 Å². The van der Waals surface area contributed by atoms with Gasteiger partial charge in [-0.25, -0.2) is 0 Å². The van der Waals surface area contributed by atoms with Crippen molar-refractivity contribution in [3.63, 3.8) is 0 Å². The molecule has 2 unspecified atom stereocenters. The van der Waals surface area contributed by atoms with Gasteiger partial charge in [0.15, 0.2) is 0 Å². The predicted octanol–water partition coefficient (Wildman–Crippen LogP) is 1.41. The van der Waals surface area contributed by atoms with Gasteiger partial charge in [0, 0.05) is 6.42 Å². The van der Waals surface area contributed by atoms with E-state index in [-0.39, 0.29) is 5.60 Å². The minimum atomic E-state index is -0.0593. The van der Waals surface area contributed by atoms with Crippen molar-refractivity contribution in [2.24, 2.45) is 0 Å². The van der Waals surface area contributed by atoms with E-state index in [0.717, 1.165) is 19.6 Å². The monoisotopic (exact) mass is 220 g/mol. The van der Waals surface area contributed by atoms with Gasteiger partial charge in [0.25, 0.3) is 0 Å². The molecule has 2 fully saturated rings. The molecule has 0 radical (unpaired) electrons. The summed E-state index contributed by atoms with van der Waals surface area (Å²) in [6.45, 7) is 3.06. The van der Waals surface area contributed by atoms with Gasteiger partial charge in [-0.1, -0.05) is 30.3 Å². The molecule has 1 aromatic carbocycles. The van der Waals surface area contributed by atoms with E-state index in [1.807, 2.05) is 6.07 Å². The van der Waals surface area contributed by atoms with Crippen molar-refractivity contribution in [2.45, 2.75) is 18.1 Å². The Morgan fingerprint density at radius 3 is 2.69 bits per heavy atom. The van der Waals surface area contributed by atoms with Crippen molar-refractivity contribution in [1.82, 2.24) is 0 Å². The van der Waals surface area contributed by atoms with E-state index in [1.54, 1.807) is 0 Å². The van der Waals surface area contributed by atoms with Crippen LogP contribution in [-0.4, -0.2) is 38.1 Å². The highest BCUT2D eigenvalue weighted by molar-refractivity contribution is 5.19. The maximum Gasteiger partial charge on any atom is 0.119 e. The molecule has 0 spiro atoms. The summed E-state index contributed by atoms with van der Waals surface area (Å²) in [6, 6.07) is 10.4. The van der Waals surface area contributed by atoms with Crippen LogP contribution in [0.15, 0.2) is 30.3 Å². The molecular formula is C13H16O3. The van der Waals surface area contributed by atoms with Crippen LogP contribution in [0.5, 0.6) is 0 Å². The zero-order valence-electron chi connectivity index (χ0n) is 9.22. The molecule has 2 saturated heterocycles. The molecule has 0 saturated carbocycles. The number of hydrogen-bond acceptors (Lipinski definition) is 3. The number of hydrogen-bond donors (Lipinski definition) is 0. The summed E-state index contributed by atoms with van der Waals surface area (Å²) in [5.41, 5.74) is 1.25. The average molecular weight is 220 g/mol. The van der Waals surface area contributed by atoms with Gasteiger partial charge in [-0.15, -0.1) is 0 Å². The molecule has 0 bridgehead atoms. The molecule has 2 aliphatic heterocycles. The van der Waals surface area contributed by atoms with E-state index >= 15 is 0 Å². The lowest BCUT2D eigenvalue weighted by atomic mass is 10.0. The summed E-state index contributed by atoms with van der Waals surface area (Å²) in [7, 11) is 0. The molecule has 1 aromatic rings. The summed E-state index contributed by atoms with van der Waals surface area (Å²) >= 11 is 0. The van der Waals surface area contributed by atoms with Gasteiger partial charge in [0.05, 0.1) is 26.4 Å². The van der Waals surface area contributed by atoms with Crippen LogP contribution in [0.3, 0.4) is 0 Å². The topological polar surface area (TPSA) is 34.3 Å². The minimum absolute atomic E-state index is 0.0593. The van der Waals surface area contributed by atoms with Gasteiger partial charge >= 0.3 is 0 Å². The van der Waals surface area contributed by atoms with Crippen molar-refractivity contribution >= 4 is 0 Å². The second-order valence-corrected chi connectivity index (χ2v) is 4.60. The molecule has 0 aliphatic carbocycles. The smallest absolute Gasteiger partial charge is 0.119 e. The van der Waals surface area contributed by atoms with Crippen LogP contribution in [0.25, 0.3) is 0 Å². The average Bonchev–Trinajstić information content (AvgIpc) is 3.18. The third-order valence-electron chi connectivity index (χ3n) is 2.99. The summed E-state index contributed by atoms with van der Waals surface area (Å²) in [4.78, 5) is 0. The molecule has 86 valence electrons. The molecule has 0 amide bonds. The molecule has 3 rings (SSSR count). The largest absolute Gasteiger partial charge is 0.376 e. The molecular weight excluding hydrogens is 204 g/mol. The third-order valence-corrected chi connectivity index (χ3v) is 2.99. The molecule has 0 N–H and O–H groups in total. The summed E-state index contributed by atoms with van der Waals surface area (Å²) in [5.74, 6) is 0. The van der Waals surface area contributed by atoms with E-state index in [1.165, 1.54) is 5.56 Å². The van der Waals surface area contributed by atoms with E-state index in [9.17, 15) is 0 Å². The Labute approximate surface area is 95.3 Å². The quantitative estimate of drug-likeness (QED) is 0.680. The molecule has 2 atom stereocenters. The highest BCUT2D eigenvalue weighted by Crippen LogP contribution is 2.31. The molecule has 0 aromatic heterocycles. The lowest BCUT2D eigenvalue weighted by molar-refractivity contribution is 0.0680. The normalized spacial score (nSPS) is 31.4. The van der Waals surface area contributed by atoms with Crippen LogP contribution in [0.2, 0.25) is 0 Å². The van der Waals surface area contributed by atoms with Crippen LogP contribution in [0.1, 0.15) is 5.56 Å². The lowest BCUT2D eigenvalue weighted by Crippen LogP contribution is -2.23. The number of epoxide rings is 2. The van der Waals surface area contributed by atoms with Crippen LogP contribution in [-0.2, 0) is 20.6 Å². The zero-order valence-corrected chi connectivity index (χ0v) is 9.22. The van der Waals surface area contributed by atoms with Crippen molar-refractivity contribution in [1.29, 1.82) is 0 Å². The third kappa shape index (κ3) is 2.61. The highest BCUT2D eigenvalue weighted by Gasteiger charge is 2.45. The molecule has 3 nitrogen and oxygen atoms in total. The van der Waals surface area contributed by atoms with Crippen molar-refractivity contribution < 1.29 is 14.2 Å². The SMILES string of the molecule is c1ccc(CC2(COCC3CO3)CO2)cc1. The molecule has 3 heteroatoms. The van der Waals surface area contributed by atoms with E-state index in [4.69, 9.17) is 14.2 Å². The zero-order chi connectivity index (χ0) is 10.8. The summed E-state index contributed by atoms with van der Waals surface area (Å²) in [6.07, 6.45) is 1.28. The Morgan fingerprint density at radius 2 is 2.06 bits per heavy atom. The fraction of sp³-hybridized carbons (Fsp3) is 0.538. The fourth-order valence-electron chi connectivity index (χ4n) is 1.85. The van der Waals surface area contributed by atoms with E-state index < -0.39 is 0 Å². The fourth-order valence-corrected chi connectivity index (χ4v) is 1.85. The molecule has 2 aliphatic rings. The van der Waals surface area contributed by atoms with E-state index in [0.29, 0.717) is 19.3 Å². The van der Waals surface area contributed by atoms with Gasteiger partial charge in [0.2, 0.25) is 0 Å². The second kappa shape index (κ2) is 4.17. The van der Waals surface area contributed by atoms with Gasteiger partial charge in [0.1, 0.15) is 11.7 Å². The maximum atomic E-state index is 5.61. The van der Waals surface area contributed by atoms with Crippen LogP contribution in [0, 0.1) is 0 Å². The Morgan fingerprint density at radius 1 is 1.31 bits per heavy atom. The standard InChI is InChI=1S/C13H16O3/c1-2-4-11(5-3-1)6-13(10-16-13)9-14-7-12-8-15-12/h1-5,12H,6-10H2. The first-order valence-electron chi connectivity index (χ1n) is 5.74. The lowest BCUT2D eigenvalue weighted by Gasteiger charge is -2.11. The molecule has 2 heterocycles. The van der Waals surface area contributed by atoms with Gasteiger partial charge in [-0.2, -0.15) is 0 Å². The Kier molecular flexibility index (Phi) is 2.67. The predicted molar refractivity (Wildman–Crippen MR) is 59.4 cm³/mol. The Hall–Kier alpha value is -0.900. The molecule has 16 heavy (non-hydrogen) atoms. The van der Waals surface area contributed by atoms with Gasteiger partial charge in [-0.3, -0.25) is 0 Å².